The number of rotatable bonds is 5. The van der Waals surface area contributed by atoms with Gasteiger partial charge in [0.25, 0.3) is 0 Å². The van der Waals surface area contributed by atoms with Crippen molar-refractivity contribution in [1.82, 2.24) is 19.6 Å². The summed E-state index contributed by atoms with van der Waals surface area (Å²) in [5.41, 5.74) is 0.0748. The highest BCUT2D eigenvalue weighted by atomic mass is 16.2. The molecule has 0 aliphatic carbocycles. The molecule has 5 nitrogen and oxygen atoms in total. The molecule has 1 aromatic rings. The summed E-state index contributed by atoms with van der Waals surface area (Å²) in [7, 11) is 0. The quantitative estimate of drug-likeness (QED) is 0.832. The smallest absolute Gasteiger partial charge is 0.230 e. The number of aromatic nitrogens is 2. The highest BCUT2D eigenvalue weighted by molar-refractivity contribution is 5.84. The zero-order valence-corrected chi connectivity index (χ0v) is 15.5. The van der Waals surface area contributed by atoms with Crippen LogP contribution in [0.25, 0.3) is 0 Å². The normalized spacial score (nSPS) is 25.8. The van der Waals surface area contributed by atoms with Gasteiger partial charge in [-0.15, -0.1) is 0 Å². The Labute approximate surface area is 146 Å². The third kappa shape index (κ3) is 4.00. The lowest BCUT2D eigenvalue weighted by Crippen LogP contribution is -2.52. The summed E-state index contributed by atoms with van der Waals surface area (Å²) in [6.07, 6.45) is 8.20. The standard InChI is InChI=1S/C19H32N4O/c1-18(2,3)15-22-11-4-7-19(17(22)24)8-14-21(16-19)10-6-13-23-12-5-9-20-23/h5,9,12H,4,6-8,10-11,13-16H2,1-3H3/t19-/m1/s1. The zero-order chi connectivity index (χ0) is 17.2. The summed E-state index contributed by atoms with van der Waals surface area (Å²) in [4.78, 5) is 17.7. The Bertz CT molecular complexity index is 548. The van der Waals surface area contributed by atoms with Gasteiger partial charge in [-0.3, -0.25) is 9.48 Å². The van der Waals surface area contributed by atoms with E-state index in [9.17, 15) is 4.79 Å². The van der Waals surface area contributed by atoms with Crippen LogP contribution in [0.2, 0.25) is 0 Å². The number of carbonyl (C=O) groups excluding carboxylic acids is 1. The third-order valence-electron chi connectivity index (χ3n) is 5.34. The monoisotopic (exact) mass is 332 g/mol. The predicted octanol–water partition coefficient (Wildman–Crippen LogP) is 2.63. The summed E-state index contributed by atoms with van der Waals surface area (Å²) in [6, 6.07) is 1.97. The van der Waals surface area contributed by atoms with Gasteiger partial charge in [-0.25, -0.2) is 0 Å². The summed E-state index contributed by atoms with van der Waals surface area (Å²) in [5.74, 6) is 0.415. The van der Waals surface area contributed by atoms with Gasteiger partial charge in [-0.1, -0.05) is 20.8 Å². The van der Waals surface area contributed by atoms with E-state index in [1.54, 1.807) is 0 Å². The Hall–Kier alpha value is -1.36. The van der Waals surface area contributed by atoms with Crippen LogP contribution >= 0.6 is 0 Å². The summed E-state index contributed by atoms with van der Waals surface area (Å²) < 4.78 is 1.99. The number of hydrogen-bond acceptors (Lipinski definition) is 3. The summed E-state index contributed by atoms with van der Waals surface area (Å²) in [6.45, 7) is 12.5. The van der Waals surface area contributed by atoms with Gasteiger partial charge in [0.15, 0.2) is 0 Å². The molecule has 2 saturated heterocycles. The van der Waals surface area contributed by atoms with Gasteiger partial charge in [0, 0.05) is 38.6 Å². The van der Waals surface area contributed by atoms with Crippen molar-refractivity contribution in [3.05, 3.63) is 18.5 Å². The molecule has 2 aliphatic heterocycles. The van der Waals surface area contributed by atoms with Crippen molar-refractivity contribution in [3.8, 4) is 0 Å². The molecule has 24 heavy (non-hydrogen) atoms. The molecule has 2 fully saturated rings. The van der Waals surface area contributed by atoms with Crippen LogP contribution in [-0.2, 0) is 11.3 Å². The molecule has 0 N–H and O–H groups in total. The van der Waals surface area contributed by atoms with E-state index in [4.69, 9.17) is 0 Å². The number of amides is 1. The number of nitrogens with zero attached hydrogens (tertiary/aromatic N) is 4. The first-order chi connectivity index (χ1) is 11.4. The Kier molecular flexibility index (Phi) is 5.00. The summed E-state index contributed by atoms with van der Waals surface area (Å²) >= 11 is 0. The number of likely N-dealkylation sites (tertiary alicyclic amines) is 2. The molecule has 5 heteroatoms. The van der Waals surface area contributed by atoms with Crippen molar-refractivity contribution in [2.75, 3.05) is 32.7 Å². The molecule has 0 bridgehead atoms. The number of aryl methyl sites for hydroxylation is 1. The van der Waals surface area contributed by atoms with Gasteiger partial charge in [-0.2, -0.15) is 5.10 Å². The maximum atomic E-state index is 13.1. The third-order valence-corrected chi connectivity index (χ3v) is 5.34. The molecule has 1 aromatic heterocycles. The minimum Gasteiger partial charge on any atom is -0.342 e. The van der Waals surface area contributed by atoms with Crippen molar-refractivity contribution in [2.24, 2.45) is 10.8 Å². The highest BCUT2D eigenvalue weighted by Gasteiger charge is 2.48. The van der Waals surface area contributed by atoms with Gasteiger partial charge in [0.1, 0.15) is 0 Å². The summed E-state index contributed by atoms with van der Waals surface area (Å²) in [5, 5.41) is 4.26. The predicted molar refractivity (Wildman–Crippen MR) is 95.6 cm³/mol. The fourth-order valence-electron chi connectivity index (χ4n) is 4.29. The lowest BCUT2D eigenvalue weighted by atomic mass is 9.77. The van der Waals surface area contributed by atoms with E-state index >= 15 is 0 Å². The van der Waals surface area contributed by atoms with E-state index in [-0.39, 0.29) is 10.8 Å². The van der Waals surface area contributed by atoms with Crippen LogP contribution in [0.4, 0.5) is 0 Å². The Morgan fingerprint density at radius 1 is 1.21 bits per heavy atom. The Balaban J connectivity index is 1.53. The van der Waals surface area contributed by atoms with Crippen LogP contribution in [0.5, 0.6) is 0 Å². The largest absolute Gasteiger partial charge is 0.342 e. The molecule has 1 atom stereocenters. The van der Waals surface area contributed by atoms with E-state index < -0.39 is 0 Å². The first-order valence-corrected chi connectivity index (χ1v) is 9.37. The van der Waals surface area contributed by atoms with Gasteiger partial charge >= 0.3 is 0 Å². The fraction of sp³-hybridized carbons (Fsp3) is 0.789. The minimum absolute atomic E-state index is 0.102. The van der Waals surface area contributed by atoms with Crippen molar-refractivity contribution < 1.29 is 4.79 Å². The van der Waals surface area contributed by atoms with Crippen molar-refractivity contribution in [3.63, 3.8) is 0 Å². The maximum absolute atomic E-state index is 13.1. The SMILES string of the molecule is CC(C)(C)CN1CCC[C@]2(CCN(CCCn3cccn3)C2)C1=O. The van der Waals surface area contributed by atoms with E-state index in [0.717, 1.165) is 65.0 Å². The van der Waals surface area contributed by atoms with Crippen LogP contribution in [-0.4, -0.2) is 58.2 Å². The topological polar surface area (TPSA) is 41.4 Å². The first kappa shape index (κ1) is 17.5. The highest BCUT2D eigenvalue weighted by Crippen LogP contribution is 2.40. The second-order valence-electron chi connectivity index (χ2n) is 8.82. The molecule has 3 rings (SSSR count). The molecule has 0 aromatic carbocycles. The molecule has 1 spiro atoms. The van der Waals surface area contributed by atoms with Crippen LogP contribution in [0.1, 0.15) is 46.5 Å². The van der Waals surface area contributed by atoms with Gasteiger partial charge in [0.05, 0.1) is 5.41 Å². The van der Waals surface area contributed by atoms with E-state index in [1.807, 2.05) is 23.1 Å². The minimum atomic E-state index is -0.102. The molecular formula is C19H32N4O. The average molecular weight is 332 g/mol. The lowest BCUT2D eigenvalue weighted by molar-refractivity contribution is -0.147. The van der Waals surface area contributed by atoms with E-state index in [1.165, 1.54) is 0 Å². The van der Waals surface area contributed by atoms with Gasteiger partial charge in [0.2, 0.25) is 5.91 Å². The molecule has 0 unspecified atom stereocenters. The first-order valence-electron chi connectivity index (χ1n) is 9.37. The number of carbonyl (C=O) groups is 1. The van der Waals surface area contributed by atoms with Crippen LogP contribution < -0.4 is 0 Å². The molecule has 0 saturated carbocycles. The van der Waals surface area contributed by atoms with Crippen LogP contribution in [0.15, 0.2) is 18.5 Å². The van der Waals surface area contributed by atoms with E-state index in [0.29, 0.717) is 5.91 Å². The van der Waals surface area contributed by atoms with Gasteiger partial charge in [-0.05, 0) is 50.3 Å². The Morgan fingerprint density at radius 3 is 2.75 bits per heavy atom. The number of hydrogen-bond donors (Lipinski definition) is 0. The molecule has 2 aliphatic rings. The van der Waals surface area contributed by atoms with Crippen LogP contribution in [0.3, 0.4) is 0 Å². The molecule has 134 valence electrons. The molecule has 3 heterocycles. The van der Waals surface area contributed by atoms with Crippen molar-refractivity contribution >= 4 is 5.91 Å². The molecule has 0 radical (unpaired) electrons. The number of piperidine rings is 1. The van der Waals surface area contributed by atoms with Crippen LogP contribution in [0, 0.1) is 10.8 Å². The molecular weight excluding hydrogens is 300 g/mol. The second-order valence-corrected chi connectivity index (χ2v) is 8.82. The fourth-order valence-corrected chi connectivity index (χ4v) is 4.29. The molecule has 1 amide bonds. The van der Waals surface area contributed by atoms with Gasteiger partial charge < -0.3 is 9.80 Å². The average Bonchev–Trinajstić information content (AvgIpc) is 3.14. The van der Waals surface area contributed by atoms with Crippen molar-refractivity contribution in [2.45, 2.75) is 53.0 Å². The Morgan fingerprint density at radius 2 is 2.04 bits per heavy atom. The second kappa shape index (κ2) is 6.87. The van der Waals surface area contributed by atoms with E-state index in [2.05, 4.69) is 35.7 Å². The zero-order valence-electron chi connectivity index (χ0n) is 15.5. The maximum Gasteiger partial charge on any atom is 0.230 e. The van der Waals surface area contributed by atoms with Crippen molar-refractivity contribution in [1.29, 1.82) is 0 Å². The lowest BCUT2D eigenvalue weighted by Gasteiger charge is -2.42.